The van der Waals surface area contributed by atoms with E-state index >= 15 is 0 Å². The summed E-state index contributed by atoms with van der Waals surface area (Å²) in [5, 5.41) is 4.98. The van der Waals surface area contributed by atoms with Crippen LogP contribution in [0.1, 0.15) is 0 Å². The van der Waals surface area contributed by atoms with Gasteiger partial charge in [0.15, 0.2) is 0 Å². The van der Waals surface area contributed by atoms with E-state index in [1.165, 1.54) is 0 Å². The molecule has 0 aliphatic rings. The minimum Gasteiger partial charge on any atom is -0.351 e. The molecule has 2 aromatic rings. The average molecular weight is 270 g/mol. The second-order valence-electron chi connectivity index (χ2n) is 4.13. The first-order valence-corrected chi connectivity index (χ1v) is 5.88. The van der Waals surface area contributed by atoms with Gasteiger partial charge >= 0.3 is 12.1 Å². The van der Waals surface area contributed by atoms with Crippen molar-refractivity contribution < 1.29 is 9.59 Å². The Hall–Kier alpha value is -3.02. The minimum absolute atomic E-state index is 0.598. The standard InChI is InChI=1S/C14H14N4O2/c15-13(19)17-11-5-1-9(2-6-11)10-3-7-12(8-4-10)18-14(16)20/h1-8H,(H3,15,17,19)(H3,16,18,20). The second-order valence-corrected chi connectivity index (χ2v) is 4.13. The quantitative estimate of drug-likeness (QED) is 0.686. The Balaban J connectivity index is 2.15. The van der Waals surface area contributed by atoms with Crippen molar-refractivity contribution >= 4 is 23.4 Å². The monoisotopic (exact) mass is 270 g/mol. The van der Waals surface area contributed by atoms with Crippen molar-refractivity contribution in [2.24, 2.45) is 11.5 Å². The molecule has 102 valence electrons. The third-order valence-electron chi connectivity index (χ3n) is 2.64. The van der Waals surface area contributed by atoms with Crippen LogP contribution in [-0.2, 0) is 0 Å². The van der Waals surface area contributed by atoms with Gasteiger partial charge in [-0.05, 0) is 35.4 Å². The van der Waals surface area contributed by atoms with Gasteiger partial charge < -0.3 is 22.1 Å². The largest absolute Gasteiger partial charge is 0.351 e. The van der Waals surface area contributed by atoms with Gasteiger partial charge in [-0.3, -0.25) is 0 Å². The smallest absolute Gasteiger partial charge is 0.316 e. The predicted molar refractivity (Wildman–Crippen MR) is 78.3 cm³/mol. The van der Waals surface area contributed by atoms with E-state index in [-0.39, 0.29) is 0 Å². The van der Waals surface area contributed by atoms with E-state index in [1.807, 2.05) is 24.3 Å². The zero-order chi connectivity index (χ0) is 14.5. The normalized spacial score (nSPS) is 9.80. The molecule has 0 saturated carbocycles. The average Bonchev–Trinajstić information content (AvgIpc) is 2.39. The molecule has 0 radical (unpaired) electrons. The number of hydrogen-bond donors (Lipinski definition) is 4. The van der Waals surface area contributed by atoms with Crippen molar-refractivity contribution in [3.05, 3.63) is 48.5 Å². The molecule has 2 aromatic carbocycles. The van der Waals surface area contributed by atoms with Crippen LogP contribution >= 0.6 is 0 Å². The van der Waals surface area contributed by atoms with Gasteiger partial charge in [0.05, 0.1) is 0 Å². The van der Waals surface area contributed by atoms with Crippen molar-refractivity contribution in [1.82, 2.24) is 0 Å². The van der Waals surface area contributed by atoms with E-state index in [0.29, 0.717) is 11.4 Å². The number of primary amides is 2. The molecule has 0 atom stereocenters. The van der Waals surface area contributed by atoms with Crippen LogP contribution in [0.5, 0.6) is 0 Å². The second kappa shape index (κ2) is 5.75. The van der Waals surface area contributed by atoms with Gasteiger partial charge in [0.2, 0.25) is 0 Å². The molecule has 0 saturated heterocycles. The fraction of sp³-hybridized carbons (Fsp3) is 0. The van der Waals surface area contributed by atoms with Crippen LogP contribution < -0.4 is 22.1 Å². The first kappa shape index (κ1) is 13.4. The highest BCUT2D eigenvalue weighted by Gasteiger charge is 2.01. The number of nitrogens with one attached hydrogen (secondary N) is 2. The lowest BCUT2D eigenvalue weighted by Crippen LogP contribution is -2.19. The summed E-state index contributed by atoms with van der Waals surface area (Å²) >= 11 is 0. The molecule has 6 nitrogen and oxygen atoms in total. The van der Waals surface area contributed by atoms with Crippen molar-refractivity contribution in [3.63, 3.8) is 0 Å². The third kappa shape index (κ3) is 3.49. The van der Waals surface area contributed by atoms with Crippen LogP contribution in [0.4, 0.5) is 21.0 Å². The Morgan fingerprint density at radius 2 is 0.950 bits per heavy atom. The maximum atomic E-state index is 10.7. The number of urea groups is 2. The molecule has 0 unspecified atom stereocenters. The maximum absolute atomic E-state index is 10.7. The Labute approximate surface area is 115 Å². The van der Waals surface area contributed by atoms with Crippen LogP contribution in [0.15, 0.2) is 48.5 Å². The Morgan fingerprint density at radius 1 is 0.650 bits per heavy atom. The SMILES string of the molecule is NC(=O)Nc1ccc(-c2ccc(NC(N)=O)cc2)cc1. The van der Waals surface area contributed by atoms with Crippen LogP contribution in [-0.4, -0.2) is 12.1 Å². The molecule has 0 aromatic heterocycles. The number of rotatable bonds is 3. The van der Waals surface area contributed by atoms with Gasteiger partial charge in [-0.2, -0.15) is 0 Å². The van der Waals surface area contributed by atoms with Crippen LogP contribution in [0.25, 0.3) is 11.1 Å². The molecule has 2 rings (SSSR count). The number of nitrogens with two attached hydrogens (primary N) is 2. The van der Waals surface area contributed by atoms with Gasteiger partial charge in [0.1, 0.15) is 0 Å². The van der Waals surface area contributed by atoms with E-state index in [9.17, 15) is 9.59 Å². The van der Waals surface area contributed by atoms with E-state index in [1.54, 1.807) is 24.3 Å². The Morgan fingerprint density at radius 3 is 1.20 bits per heavy atom. The van der Waals surface area contributed by atoms with E-state index < -0.39 is 12.1 Å². The lowest BCUT2D eigenvalue weighted by molar-refractivity contribution is 0.258. The lowest BCUT2D eigenvalue weighted by atomic mass is 10.1. The molecule has 0 spiro atoms. The third-order valence-corrected chi connectivity index (χ3v) is 2.64. The van der Waals surface area contributed by atoms with Crippen molar-refractivity contribution in [3.8, 4) is 11.1 Å². The highest BCUT2D eigenvalue weighted by atomic mass is 16.2. The lowest BCUT2D eigenvalue weighted by Gasteiger charge is -2.06. The topological polar surface area (TPSA) is 110 Å². The van der Waals surface area contributed by atoms with E-state index in [0.717, 1.165) is 11.1 Å². The fourth-order valence-electron chi connectivity index (χ4n) is 1.78. The summed E-state index contributed by atoms with van der Waals surface area (Å²) in [5.41, 5.74) is 13.3. The number of carbonyl (C=O) groups is 2. The number of amides is 4. The van der Waals surface area contributed by atoms with Crippen molar-refractivity contribution in [2.75, 3.05) is 10.6 Å². The molecule has 0 aliphatic heterocycles. The number of anilines is 2. The van der Waals surface area contributed by atoms with Gasteiger partial charge in [0, 0.05) is 11.4 Å². The highest BCUT2D eigenvalue weighted by molar-refractivity contribution is 5.89. The minimum atomic E-state index is -0.598. The summed E-state index contributed by atoms with van der Waals surface area (Å²) in [6.45, 7) is 0. The van der Waals surface area contributed by atoms with Gasteiger partial charge in [-0.15, -0.1) is 0 Å². The zero-order valence-electron chi connectivity index (χ0n) is 10.6. The maximum Gasteiger partial charge on any atom is 0.316 e. The molecule has 20 heavy (non-hydrogen) atoms. The number of carbonyl (C=O) groups excluding carboxylic acids is 2. The predicted octanol–water partition coefficient (Wildman–Crippen LogP) is 2.33. The molecule has 6 N–H and O–H groups in total. The molecular formula is C14H14N4O2. The number of benzene rings is 2. The molecule has 4 amide bonds. The Bertz CT molecular complexity index is 563. The first-order chi connectivity index (χ1) is 9.54. The van der Waals surface area contributed by atoms with Gasteiger partial charge in [-0.25, -0.2) is 9.59 Å². The molecule has 6 heteroatoms. The van der Waals surface area contributed by atoms with Crippen LogP contribution in [0.3, 0.4) is 0 Å². The molecule has 0 heterocycles. The van der Waals surface area contributed by atoms with Crippen LogP contribution in [0.2, 0.25) is 0 Å². The first-order valence-electron chi connectivity index (χ1n) is 5.88. The van der Waals surface area contributed by atoms with Gasteiger partial charge in [-0.1, -0.05) is 24.3 Å². The fourth-order valence-corrected chi connectivity index (χ4v) is 1.78. The molecule has 0 bridgehead atoms. The summed E-state index contributed by atoms with van der Waals surface area (Å²) in [4.78, 5) is 21.4. The highest BCUT2D eigenvalue weighted by Crippen LogP contribution is 2.23. The van der Waals surface area contributed by atoms with Crippen LogP contribution in [0, 0.1) is 0 Å². The molecular weight excluding hydrogens is 256 g/mol. The number of hydrogen-bond acceptors (Lipinski definition) is 2. The van der Waals surface area contributed by atoms with Crippen molar-refractivity contribution in [2.45, 2.75) is 0 Å². The molecule has 0 fully saturated rings. The van der Waals surface area contributed by atoms with Crippen molar-refractivity contribution in [1.29, 1.82) is 0 Å². The van der Waals surface area contributed by atoms with E-state index in [2.05, 4.69) is 10.6 Å². The Kier molecular flexibility index (Phi) is 3.85. The summed E-state index contributed by atoms with van der Waals surface area (Å²) in [6, 6.07) is 13.3. The van der Waals surface area contributed by atoms with E-state index in [4.69, 9.17) is 11.5 Å². The zero-order valence-corrected chi connectivity index (χ0v) is 10.6. The summed E-state index contributed by atoms with van der Waals surface area (Å²) < 4.78 is 0. The van der Waals surface area contributed by atoms with Gasteiger partial charge in [0.25, 0.3) is 0 Å². The summed E-state index contributed by atoms with van der Waals surface area (Å²) in [5.74, 6) is 0. The summed E-state index contributed by atoms with van der Waals surface area (Å²) in [6.07, 6.45) is 0. The summed E-state index contributed by atoms with van der Waals surface area (Å²) in [7, 11) is 0. The molecule has 0 aliphatic carbocycles.